The maximum atomic E-state index is 10.9. The predicted molar refractivity (Wildman–Crippen MR) is 155 cm³/mol. The van der Waals surface area contributed by atoms with Crippen molar-refractivity contribution in [3.63, 3.8) is 0 Å². The van der Waals surface area contributed by atoms with Gasteiger partial charge in [-0.1, -0.05) is 167 Å². The van der Waals surface area contributed by atoms with Crippen molar-refractivity contribution in [2.24, 2.45) is 5.92 Å². The number of unbranched alkanes of at least 4 members (excludes halogenated alkanes) is 22. The molecule has 0 aromatic carbocycles. The summed E-state index contributed by atoms with van der Waals surface area (Å²) in [4.78, 5) is 0. The minimum Gasteiger partial charge on any atom is -0.726 e. The standard InChI is InChI=1S/C31H62O4S.Na/c1-3-5-7-9-11-13-15-16-17-19-21-23-25-27-29-31(30-35-36(32,33)34)28-26-24-22-20-18-14-12-10-8-6-4-2;/h26,28,31H,3-25,27,29-30H2,1-2H3,(H,32,33,34);/q;+1/p-1/b28-26+;. The van der Waals surface area contributed by atoms with Crippen molar-refractivity contribution in [1.82, 2.24) is 0 Å². The zero-order valence-corrected chi connectivity index (χ0v) is 28.0. The van der Waals surface area contributed by atoms with Crippen LogP contribution in [0.2, 0.25) is 0 Å². The van der Waals surface area contributed by atoms with Gasteiger partial charge in [0, 0.05) is 5.92 Å². The molecule has 0 rings (SSSR count). The summed E-state index contributed by atoms with van der Waals surface area (Å²) in [6, 6.07) is 0. The molecule has 37 heavy (non-hydrogen) atoms. The summed E-state index contributed by atoms with van der Waals surface area (Å²) < 4.78 is 37.3. The Balaban J connectivity index is 0. The van der Waals surface area contributed by atoms with Gasteiger partial charge >= 0.3 is 29.6 Å². The average Bonchev–Trinajstić information content (AvgIpc) is 2.84. The molecule has 0 amide bonds. The fraction of sp³-hybridized carbons (Fsp3) is 0.935. The van der Waals surface area contributed by atoms with Crippen LogP contribution in [0.3, 0.4) is 0 Å². The quantitative estimate of drug-likeness (QED) is 0.0318. The summed E-state index contributed by atoms with van der Waals surface area (Å²) in [5, 5.41) is 0. The van der Waals surface area contributed by atoms with Crippen LogP contribution in [0.15, 0.2) is 12.2 Å². The molecule has 216 valence electrons. The van der Waals surface area contributed by atoms with Crippen molar-refractivity contribution in [3.05, 3.63) is 12.2 Å². The van der Waals surface area contributed by atoms with E-state index in [-0.39, 0.29) is 42.1 Å². The van der Waals surface area contributed by atoms with Crippen LogP contribution in [0.25, 0.3) is 0 Å². The first-order valence-corrected chi connectivity index (χ1v) is 17.1. The van der Waals surface area contributed by atoms with Crippen molar-refractivity contribution in [1.29, 1.82) is 0 Å². The monoisotopic (exact) mass is 552 g/mol. The third kappa shape index (κ3) is 34.6. The molecule has 0 radical (unpaired) electrons. The fourth-order valence-corrected chi connectivity index (χ4v) is 5.21. The topological polar surface area (TPSA) is 66.4 Å². The van der Waals surface area contributed by atoms with Crippen LogP contribution in [0, 0.1) is 5.92 Å². The molecule has 0 bridgehead atoms. The van der Waals surface area contributed by atoms with Crippen molar-refractivity contribution in [3.8, 4) is 0 Å². The van der Waals surface area contributed by atoms with Crippen LogP contribution in [-0.2, 0) is 14.6 Å². The second-order valence-electron chi connectivity index (χ2n) is 10.9. The van der Waals surface area contributed by atoms with E-state index in [9.17, 15) is 13.0 Å². The Morgan fingerprint density at radius 3 is 1.32 bits per heavy atom. The Bertz CT molecular complexity index is 566. The molecule has 0 aliphatic carbocycles. The van der Waals surface area contributed by atoms with Crippen molar-refractivity contribution in [2.75, 3.05) is 6.61 Å². The van der Waals surface area contributed by atoms with E-state index >= 15 is 0 Å². The SMILES string of the molecule is CCCCCCCCCCC/C=C/C(CCCCCCCCCCCCCCCC)COS(=O)(=O)[O-].[Na+]. The third-order valence-corrected chi connectivity index (χ3v) is 7.66. The second-order valence-corrected chi connectivity index (χ2v) is 11.9. The Morgan fingerprint density at radius 1 is 0.595 bits per heavy atom. The van der Waals surface area contributed by atoms with Gasteiger partial charge in [0.05, 0.1) is 6.61 Å². The van der Waals surface area contributed by atoms with E-state index in [0.717, 1.165) is 19.3 Å². The summed E-state index contributed by atoms with van der Waals surface area (Å²) in [6.45, 7) is 4.51. The molecule has 0 saturated heterocycles. The average molecular weight is 553 g/mol. The molecule has 0 spiro atoms. The Labute approximate surface area is 254 Å². The third-order valence-electron chi connectivity index (χ3n) is 7.24. The van der Waals surface area contributed by atoms with Gasteiger partial charge in [-0.3, -0.25) is 4.18 Å². The van der Waals surface area contributed by atoms with E-state index < -0.39 is 10.4 Å². The first-order chi connectivity index (χ1) is 17.5. The van der Waals surface area contributed by atoms with E-state index in [2.05, 4.69) is 30.2 Å². The number of rotatable bonds is 29. The molecule has 0 aromatic heterocycles. The minimum absolute atomic E-state index is 0. The van der Waals surface area contributed by atoms with Crippen LogP contribution in [0.5, 0.6) is 0 Å². The molecule has 0 aromatic rings. The maximum Gasteiger partial charge on any atom is 1.00 e. The van der Waals surface area contributed by atoms with E-state index in [4.69, 9.17) is 0 Å². The molecule has 1 atom stereocenters. The Hall–Kier alpha value is 0.610. The zero-order valence-electron chi connectivity index (χ0n) is 25.2. The molecular formula is C31H61NaO4S. The summed E-state index contributed by atoms with van der Waals surface area (Å²) in [5.74, 6) is 0.0182. The van der Waals surface area contributed by atoms with Gasteiger partial charge in [0.1, 0.15) is 0 Å². The first-order valence-electron chi connectivity index (χ1n) is 15.8. The predicted octanol–water partition coefficient (Wildman–Crippen LogP) is 7.43. The van der Waals surface area contributed by atoms with Crippen LogP contribution in [0.4, 0.5) is 0 Å². The molecular weight excluding hydrogens is 491 g/mol. The van der Waals surface area contributed by atoms with Gasteiger partial charge in [-0.2, -0.15) is 0 Å². The van der Waals surface area contributed by atoms with Gasteiger partial charge < -0.3 is 4.55 Å². The molecule has 1 unspecified atom stereocenters. The number of allylic oxidation sites excluding steroid dienone is 1. The van der Waals surface area contributed by atoms with Gasteiger partial charge in [-0.25, -0.2) is 8.42 Å². The molecule has 0 aliphatic rings. The van der Waals surface area contributed by atoms with E-state index in [1.165, 1.54) is 141 Å². The van der Waals surface area contributed by atoms with Crippen LogP contribution in [-0.4, -0.2) is 19.6 Å². The summed E-state index contributed by atoms with van der Waals surface area (Å²) in [5.41, 5.74) is 0. The molecule has 0 heterocycles. The molecule has 0 saturated carbocycles. The first kappa shape index (κ1) is 39.8. The van der Waals surface area contributed by atoms with Gasteiger partial charge in [0.15, 0.2) is 0 Å². The molecule has 0 N–H and O–H groups in total. The van der Waals surface area contributed by atoms with E-state index in [1.807, 2.05) is 0 Å². The van der Waals surface area contributed by atoms with Crippen molar-refractivity contribution in [2.45, 2.75) is 174 Å². The van der Waals surface area contributed by atoms with Gasteiger partial charge in [-0.05, 0) is 19.3 Å². The zero-order chi connectivity index (χ0) is 26.6. The number of hydrogen-bond acceptors (Lipinski definition) is 4. The van der Waals surface area contributed by atoms with Crippen LogP contribution in [0.1, 0.15) is 174 Å². The minimum atomic E-state index is -4.62. The van der Waals surface area contributed by atoms with Crippen LogP contribution >= 0.6 is 0 Å². The van der Waals surface area contributed by atoms with Crippen molar-refractivity contribution < 1.29 is 46.7 Å². The van der Waals surface area contributed by atoms with Crippen LogP contribution < -0.4 is 29.6 Å². The van der Waals surface area contributed by atoms with Gasteiger partial charge in [0.25, 0.3) is 0 Å². The van der Waals surface area contributed by atoms with Gasteiger partial charge in [-0.15, -0.1) is 0 Å². The fourth-order valence-electron chi connectivity index (χ4n) is 4.87. The second kappa shape index (κ2) is 31.1. The molecule has 6 heteroatoms. The maximum absolute atomic E-state index is 10.9. The Morgan fingerprint density at radius 2 is 0.946 bits per heavy atom. The molecule has 0 fully saturated rings. The summed E-state index contributed by atoms with van der Waals surface area (Å²) in [6.07, 6.45) is 36.6. The Kier molecular flexibility index (Phi) is 33.5. The van der Waals surface area contributed by atoms with Gasteiger partial charge in [0.2, 0.25) is 10.4 Å². The smallest absolute Gasteiger partial charge is 0.726 e. The summed E-state index contributed by atoms with van der Waals surface area (Å²) in [7, 11) is -4.62. The number of hydrogen-bond donors (Lipinski definition) is 0. The van der Waals surface area contributed by atoms with E-state index in [1.54, 1.807) is 0 Å². The molecule has 4 nitrogen and oxygen atoms in total. The van der Waals surface area contributed by atoms with Crippen molar-refractivity contribution >= 4 is 10.4 Å². The van der Waals surface area contributed by atoms with E-state index in [0.29, 0.717) is 0 Å². The largest absolute Gasteiger partial charge is 1.00 e. The summed E-state index contributed by atoms with van der Waals surface area (Å²) >= 11 is 0. The molecule has 0 aliphatic heterocycles. The normalized spacial score (nSPS) is 12.7.